The monoisotopic (exact) mass is 346 g/mol. The van der Waals surface area contributed by atoms with Crippen LogP contribution in [0.15, 0.2) is 0 Å². The Hall–Kier alpha value is -1.30. The molecule has 0 aliphatic heterocycles. The van der Waals surface area contributed by atoms with Gasteiger partial charge in [0.25, 0.3) is 0 Å². The maximum Gasteiger partial charge on any atom is 0.226 e. The SMILES string of the molecule is CC(C)(C)C(=O)NC(N)C(N)NNC(N)C(N)NC(=O)C(C)(C)C. The molecule has 24 heavy (non-hydrogen) atoms. The van der Waals surface area contributed by atoms with Gasteiger partial charge < -0.3 is 33.6 Å². The summed E-state index contributed by atoms with van der Waals surface area (Å²) in [6, 6.07) is 0. The molecule has 142 valence electrons. The van der Waals surface area contributed by atoms with Gasteiger partial charge in [-0.25, -0.2) is 10.9 Å². The summed E-state index contributed by atoms with van der Waals surface area (Å²) in [5.41, 5.74) is 27.5. The van der Waals surface area contributed by atoms with Crippen LogP contribution in [0.3, 0.4) is 0 Å². The molecule has 0 saturated heterocycles. The lowest BCUT2D eigenvalue weighted by Crippen LogP contribution is -2.69. The standard InChI is InChI=1S/C14H34N8O2/c1-13(2,3)11(23)19-7(15)9(17)21-22-10(18)8(16)20-12(24)14(4,5)6/h7-10,21-22H,15-18H2,1-6H3,(H,19,23)(H,20,24). The molecule has 0 aliphatic rings. The fraction of sp³-hybridized carbons (Fsp3) is 0.857. The molecule has 0 aliphatic carbocycles. The van der Waals surface area contributed by atoms with Gasteiger partial charge in [0, 0.05) is 10.8 Å². The first kappa shape index (κ1) is 22.7. The van der Waals surface area contributed by atoms with E-state index in [1.165, 1.54) is 0 Å². The van der Waals surface area contributed by atoms with Crippen molar-refractivity contribution in [3.05, 3.63) is 0 Å². The smallest absolute Gasteiger partial charge is 0.226 e. The summed E-state index contributed by atoms with van der Waals surface area (Å²) in [7, 11) is 0. The Balaban J connectivity index is 4.36. The highest BCUT2D eigenvalue weighted by Gasteiger charge is 2.27. The van der Waals surface area contributed by atoms with Gasteiger partial charge in [0.15, 0.2) is 0 Å². The van der Waals surface area contributed by atoms with E-state index in [-0.39, 0.29) is 11.8 Å². The van der Waals surface area contributed by atoms with E-state index in [2.05, 4.69) is 21.5 Å². The number of carbonyl (C=O) groups excluding carboxylic acids is 2. The Kier molecular flexibility index (Phi) is 8.22. The van der Waals surface area contributed by atoms with E-state index in [1.807, 2.05) is 0 Å². The van der Waals surface area contributed by atoms with Gasteiger partial charge in [-0.05, 0) is 0 Å². The lowest BCUT2D eigenvalue weighted by atomic mass is 9.95. The lowest BCUT2D eigenvalue weighted by Gasteiger charge is -2.30. The largest absolute Gasteiger partial charge is 0.338 e. The first-order valence-electron chi connectivity index (χ1n) is 7.81. The number of hydrogen-bond acceptors (Lipinski definition) is 8. The summed E-state index contributed by atoms with van der Waals surface area (Å²) in [6.45, 7) is 10.6. The quantitative estimate of drug-likeness (QED) is 0.184. The van der Waals surface area contributed by atoms with Gasteiger partial charge in [-0.2, -0.15) is 0 Å². The zero-order valence-electron chi connectivity index (χ0n) is 15.4. The van der Waals surface area contributed by atoms with Crippen molar-refractivity contribution in [1.82, 2.24) is 21.5 Å². The number of amides is 2. The molecule has 0 spiro atoms. The van der Waals surface area contributed by atoms with Crippen molar-refractivity contribution in [2.24, 2.45) is 33.8 Å². The third-order valence-electron chi connectivity index (χ3n) is 3.15. The number of hydrazine groups is 1. The average molecular weight is 346 g/mol. The Morgan fingerprint density at radius 3 is 1.08 bits per heavy atom. The van der Waals surface area contributed by atoms with Crippen LogP contribution in [-0.4, -0.2) is 36.5 Å². The Bertz CT molecular complexity index is 389. The molecule has 12 N–H and O–H groups in total. The molecule has 4 unspecified atom stereocenters. The third-order valence-corrected chi connectivity index (χ3v) is 3.15. The van der Waals surface area contributed by atoms with Crippen molar-refractivity contribution in [2.45, 2.75) is 66.2 Å². The Morgan fingerprint density at radius 2 is 0.875 bits per heavy atom. The predicted octanol–water partition coefficient (Wildman–Crippen LogP) is -2.46. The highest BCUT2D eigenvalue weighted by atomic mass is 16.2. The van der Waals surface area contributed by atoms with Gasteiger partial charge in [0.2, 0.25) is 11.8 Å². The van der Waals surface area contributed by atoms with Crippen molar-refractivity contribution >= 4 is 11.8 Å². The van der Waals surface area contributed by atoms with E-state index >= 15 is 0 Å². The van der Waals surface area contributed by atoms with Crippen LogP contribution >= 0.6 is 0 Å². The molecule has 0 aromatic rings. The van der Waals surface area contributed by atoms with Crippen LogP contribution in [0.25, 0.3) is 0 Å². The number of carbonyl (C=O) groups is 2. The zero-order valence-corrected chi connectivity index (χ0v) is 15.4. The molecule has 0 saturated carbocycles. The summed E-state index contributed by atoms with van der Waals surface area (Å²) in [6.07, 6.45) is -3.30. The molecular formula is C14H34N8O2. The molecular weight excluding hydrogens is 312 g/mol. The average Bonchev–Trinajstić information content (AvgIpc) is 2.41. The van der Waals surface area contributed by atoms with Crippen LogP contribution in [0.4, 0.5) is 0 Å². The normalized spacial score (nSPS) is 17.6. The number of rotatable bonds is 7. The van der Waals surface area contributed by atoms with Gasteiger partial charge in [0.05, 0.1) is 0 Å². The van der Waals surface area contributed by atoms with Gasteiger partial charge in [0.1, 0.15) is 24.7 Å². The van der Waals surface area contributed by atoms with Crippen molar-refractivity contribution in [3.8, 4) is 0 Å². The Labute approximate surface area is 143 Å². The molecule has 10 heteroatoms. The first-order chi connectivity index (χ1) is 10.7. The van der Waals surface area contributed by atoms with Gasteiger partial charge in [-0.3, -0.25) is 9.59 Å². The lowest BCUT2D eigenvalue weighted by molar-refractivity contribution is -0.130. The van der Waals surface area contributed by atoms with E-state index in [1.54, 1.807) is 41.5 Å². The van der Waals surface area contributed by atoms with Gasteiger partial charge in [-0.1, -0.05) is 41.5 Å². The molecule has 0 heterocycles. The van der Waals surface area contributed by atoms with Gasteiger partial charge in [-0.15, -0.1) is 0 Å². The van der Waals surface area contributed by atoms with Crippen LogP contribution in [0.2, 0.25) is 0 Å². The van der Waals surface area contributed by atoms with Gasteiger partial charge >= 0.3 is 0 Å². The zero-order chi connectivity index (χ0) is 19.3. The molecule has 10 nitrogen and oxygen atoms in total. The minimum atomic E-state index is -0.836. The van der Waals surface area contributed by atoms with E-state index in [0.717, 1.165) is 0 Å². The molecule has 0 aromatic heterocycles. The van der Waals surface area contributed by atoms with Crippen LogP contribution in [0.1, 0.15) is 41.5 Å². The number of nitrogens with two attached hydrogens (primary N) is 4. The van der Waals surface area contributed by atoms with Crippen LogP contribution < -0.4 is 44.4 Å². The predicted molar refractivity (Wildman–Crippen MR) is 93.4 cm³/mol. The van der Waals surface area contributed by atoms with E-state index in [0.29, 0.717) is 0 Å². The second-order valence-electron chi connectivity index (χ2n) is 7.84. The summed E-state index contributed by atoms with van der Waals surface area (Å²) < 4.78 is 0. The van der Waals surface area contributed by atoms with Crippen LogP contribution in [0, 0.1) is 10.8 Å². The van der Waals surface area contributed by atoms with E-state index < -0.39 is 35.5 Å². The first-order valence-corrected chi connectivity index (χ1v) is 7.81. The number of hydrogen-bond donors (Lipinski definition) is 8. The molecule has 4 atom stereocenters. The molecule has 0 fully saturated rings. The van der Waals surface area contributed by atoms with Crippen LogP contribution in [-0.2, 0) is 9.59 Å². The molecule has 0 aromatic carbocycles. The molecule has 2 amide bonds. The van der Waals surface area contributed by atoms with E-state index in [9.17, 15) is 9.59 Å². The molecule has 0 rings (SSSR count). The van der Waals surface area contributed by atoms with Crippen molar-refractivity contribution < 1.29 is 9.59 Å². The van der Waals surface area contributed by atoms with Crippen molar-refractivity contribution in [3.63, 3.8) is 0 Å². The second-order valence-corrected chi connectivity index (χ2v) is 7.84. The third kappa shape index (κ3) is 7.99. The fourth-order valence-electron chi connectivity index (χ4n) is 1.29. The summed E-state index contributed by atoms with van der Waals surface area (Å²) >= 11 is 0. The van der Waals surface area contributed by atoms with Crippen molar-refractivity contribution in [1.29, 1.82) is 0 Å². The summed E-state index contributed by atoms with van der Waals surface area (Å²) in [5, 5.41) is 5.19. The topological polar surface area (TPSA) is 186 Å². The summed E-state index contributed by atoms with van der Waals surface area (Å²) in [4.78, 5) is 23.7. The maximum atomic E-state index is 11.9. The Morgan fingerprint density at radius 1 is 0.625 bits per heavy atom. The van der Waals surface area contributed by atoms with Crippen LogP contribution in [0.5, 0.6) is 0 Å². The van der Waals surface area contributed by atoms with E-state index in [4.69, 9.17) is 22.9 Å². The summed E-state index contributed by atoms with van der Waals surface area (Å²) in [5.74, 6) is -0.462. The number of nitrogens with one attached hydrogen (secondary N) is 4. The molecule has 0 radical (unpaired) electrons. The maximum absolute atomic E-state index is 11.9. The minimum absolute atomic E-state index is 0.231. The highest BCUT2D eigenvalue weighted by Crippen LogP contribution is 2.13. The second kappa shape index (κ2) is 8.70. The van der Waals surface area contributed by atoms with Crippen molar-refractivity contribution in [2.75, 3.05) is 0 Å². The highest BCUT2D eigenvalue weighted by molar-refractivity contribution is 5.82. The minimum Gasteiger partial charge on any atom is -0.338 e. The molecule has 0 bridgehead atoms. The fourth-order valence-corrected chi connectivity index (χ4v) is 1.29.